The predicted molar refractivity (Wildman–Crippen MR) is 87.9 cm³/mol. The Kier molecular flexibility index (Phi) is 4.25. The SMILES string of the molecule is FC(F)(F)Oc1ccc(-c2cc(Br)c(Cl)c3c2NCC=N3)cc1. The maximum Gasteiger partial charge on any atom is 0.573 e. The minimum Gasteiger partial charge on any atom is -0.406 e. The first-order valence-corrected chi connectivity index (χ1v) is 7.67. The number of halogens is 5. The lowest BCUT2D eigenvalue weighted by Crippen LogP contribution is -2.16. The molecule has 0 aliphatic carbocycles. The van der Waals surface area contributed by atoms with Gasteiger partial charge in [0.1, 0.15) is 11.4 Å². The lowest BCUT2D eigenvalue weighted by atomic mass is 10.0. The molecule has 1 aliphatic heterocycles. The van der Waals surface area contributed by atoms with E-state index in [9.17, 15) is 13.2 Å². The van der Waals surface area contributed by atoms with Crippen LogP contribution in [0.25, 0.3) is 11.1 Å². The standard InChI is InChI=1S/C15H9BrClF3N2O/c16-11-7-10(13-14(12(11)17)22-6-5-21-13)8-1-3-9(4-2-8)23-15(18,19)20/h1-4,6-7,21H,5H2. The predicted octanol–water partition coefficient (Wildman–Crippen LogP) is 5.80. The topological polar surface area (TPSA) is 33.6 Å². The van der Waals surface area contributed by atoms with Crippen molar-refractivity contribution >= 4 is 45.1 Å². The van der Waals surface area contributed by atoms with E-state index in [0.717, 1.165) is 16.8 Å². The van der Waals surface area contributed by atoms with Gasteiger partial charge in [0.2, 0.25) is 0 Å². The lowest BCUT2D eigenvalue weighted by molar-refractivity contribution is -0.274. The number of nitrogens with zero attached hydrogens (tertiary/aromatic N) is 1. The Morgan fingerprint density at radius 1 is 1.22 bits per heavy atom. The van der Waals surface area contributed by atoms with Gasteiger partial charge in [-0.2, -0.15) is 0 Å². The number of nitrogens with one attached hydrogen (secondary N) is 1. The van der Waals surface area contributed by atoms with E-state index in [2.05, 4.69) is 31.0 Å². The van der Waals surface area contributed by atoms with Crippen molar-refractivity contribution in [2.24, 2.45) is 4.99 Å². The van der Waals surface area contributed by atoms with Gasteiger partial charge in [-0.3, -0.25) is 4.99 Å². The Morgan fingerprint density at radius 2 is 1.91 bits per heavy atom. The molecule has 2 aromatic rings. The number of rotatable bonds is 2. The molecule has 8 heteroatoms. The summed E-state index contributed by atoms with van der Waals surface area (Å²) in [5.74, 6) is -0.269. The molecule has 0 saturated heterocycles. The van der Waals surface area contributed by atoms with Crippen LogP contribution in [-0.2, 0) is 0 Å². The maximum atomic E-state index is 12.2. The van der Waals surface area contributed by atoms with E-state index in [1.54, 1.807) is 24.4 Å². The fraction of sp³-hybridized carbons (Fsp3) is 0.133. The second-order valence-corrected chi connectivity index (χ2v) is 5.94. The van der Waals surface area contributed by atoms with Crippen LogP contribution >= 0.6 is 27.5 Å². The molecule has 3 nitrogen and oxygen atoms in total. The second-order valence-electron chi connectivity index (χ2n) is 4.71. The van der Waals surface area contributed by atoms with E-state index in [0.29, 0.717) is 21.7 Å². The highest BCUT2D eigenvalue weighted by Gasteiger charge is 2.31. The molecule has 1 N–H and O–H groups in total. The third kappa shape index (κ3) is 3.45. The Balaban J connectivity index is 2.02. The zero-order chi connectivity index (χ0) is 16.6. The molecule has 23 heavy (non-hydrogen) atoms. The van der Waals surface area contributed by atoms with E-state index < -0.39 is 6.36 Å². The molecule has 3 rings (SSSR count). The molecule has 0 unspecified atom stereocenters. The van der Waals surface area contributed by atoms with Crippen molar-refractivity contribution in [1.82, 2.24) is 0 Å². The summed E-state index contributed by atoms with van der Waals surface area (Å²) in [5.41, 5.74) is 2.84. The van der Waals surface area contributed by atoms with Gasteiger partial charge in [-0.05, 0) is 39.7 Å². The first-order valence-electron chi connectivity index (χ1n) is 6.50. The van der Waals surface area contributed by atoms with Gasteiger partial charge >= 0.3 is 6.36 Å². The zero-order valence-corrected chi connectivity index (χ0v) is 13.8. The number of anilines is 1. The fourth-order valence-electron chi connectivity index (χ4n) is 2.26. The molecule has 0 atom stereocenters. The Morgan fingerprint density at radius 3 is 2.57 bits per heavy atom. The Labute approximate surface area is 143 Å². The third-order valence-corrected chi connectivity index (χ3v) is 4.42. The molecule has 1 heterocycles. The van der Waals surface area contributed by atoms with Gasteiger partial charge in [0, 0.05) is 16.3 Å². The van der Waals surface area contributed by atoms with Gasteiger partial charge in [-0.15, -0.1) is 13.2 Å². The van der Waals surface area contributed by atoms with Crippen molar-refractivity contribution in [2.75, 3.05) is 11.9 Å². The van der Waals surface area contributed by atoms with Gasteiger partial charge < -0.3 is 10.1 Å². The van der Waals surface area contributed by atoms with Crippen LogP contribution in [0.3, 0.4) is 0 Å². The summed E-state index contributed by atoms with van der Waals surface area (Å²) in [6.07, 6.45) is -3.01. The van der Waals surface area contributed by atoms with Gasteiger partial charge in [-0.25, -0.2) is 0 Å². The molecule has 0 saturated carbocycles. The van der Waals surface area contributed by atoms with Crippen molar-refractivity contribution in [3.63, 3.8) is 0 Å². The average Bonchev–Trinajstić information content (AvgIpc) is 2.50. The number of fused-ring (bicyclic) bond motifs is 1. The molecular formula is C15H9BrClF3N2O. The van der Waals surface area contributed by atoms with E-state index in [-0.39, 0.29) is 5.75 Å². The molecule has 0 spiro atoms. The minimum absolute atomic E-state index is 0.269. The molecule has 0 radical (unpaired) electrons. The minimum atomic E-state index is -4.71. The largest absolute Gasteiger partial charge is 0.573 e. The fourth-order valence-corrected chi connectivity index (χ4v) is 2.88. The van der Waals surface area contributed by atoms with Crippen LogP contribution < -0.4 is 10.1 Å². The number of alkyl halides is 3. The zero-order valence-electron chi connectivity index (χ0n) is 11.4. The third-order valence-electron chi connectivity index (χ3n) is 3.18. The van der Waals surface area contributed by atoms with Crippen LogP contribution in [-0.4, -0.2) is 19.1 Å². The van der Waals surface area contributed by atoms with Crippen LogP contribution in [0.1, 0.15) is 0 Å². The van der Waals surface area contributed by atoms with E-state index in [1.165, 1.54) is 12.1 Å². The van der Waals surface area contributed by atoms with Crippen molar-refractivity contribution in [3.8, 4) is 16.9 Å². The first kappa shape index (κ1) is 16.1. The van der Waals surface area contributed by atoms with Crippen LogP contribution in [0, 0.1) is 0 Å². The summed E-state index contributed by atoms with van der Waals surface area (Å²) in [7, 11) is 0. The summed E-state index contributed by atoms with van der Waals surface area (Å²) in [5, 5.41) is 3.66. The maximum absolute atomic E-state index is 12.2. The van der Waals surface area contributed by atoms with Crippen molar-refractivity contribution in [3.05, 3.63) is 39.8 Å². The number of benzene rings is 2. The first-order chi connectivity index (χ1) is 10.8. The van der Waals surface area contributed by atoms with Gasteiger partial charge in [0.05, 0.1) is 17.3 Å². The van der Waals surface area contributed by atoms with Crippen LogP contribution in [0.15, 0.2) is 39.8 Å². The van der Waals surface area contributed by atoms with Crippen molar-refractivity contribution in [2.45, 2.75) is 6.36 Å². The van der Waals surface area contributed by atoms with E-state index in [4.69, 9.17) is 11.6 Å². The van der Waals surface area contributed by atoms with E-state index in [1.807, 2.05) is 0 Å². The smallest absolute Gasteiger partial charge is 0.406 e. The van der Waals surface area contributed by atoms with Gasteiger partial charge in [0.25, 0.3) is 0 Å². The van der Waals surface area contributed by atoms with Gasteiger partial charge in [0.15, 0.2) is 0 Å². The lowest BCUT2D eigenvalue weighted by Gasteiger charge is -2.19. The normalized spacial score (nSPS) is 13.4. The molecule has 0 fully saturated rings. The van der Waals surface area contributed by atoms with Crippen molar-refractivity contribution in [1.29, 1.82) is 0 Å². The number of aliphatic imine (C=N–C) groups is 1. The summed E-state index contributed by atoms with van der Waals surface area (Å²) in [6.45, 7) is 0.549. The highest BCUT2D eigenvalue weighted by molar-refractivity contribution is 9.10. The molecule has 1 aliphatic rings. The summed E-state index contributed by atoms with van der Waals surface area (Å²) in [6, 6.07) is 7.44. The molecule has 120 valence electrons. The Hall–Kier alpha value is -1.73. The molecule has 2 aromatic carbocycles. The monoisotopic (exact) mass is 404 g/mol. The average molecular weight is 406 g/mol. The molecule has 0 aromatic heterocycles. The molecule has 0 bridgehead atoms. The second kappa shape index (κ2) is 6.05. The highest BCUT2D eigenvalue weighted by atomic mass is 79.9. The van der Waals surface area contributed by atoms with Gasteiger partial charge in [-0.1, -0.05) is 23.7 Å². The molecular weight excluding hydrogens is 397 g/mol. The summed E-state index contributed by atoms with van der Waals surface area (Å²) >= 11 is 9.59. The van der Waals surface area contributed by atoms with Crippen molar-refractivity contribution < 1.29 is 17.9 Å². The van der Waals surface area contributed by atoms with Crippen LogP contribution in [0.4, 0.5) is 24.5 Å². The van der Waals surface area contributed by atoms with Crippen LogP contribution in [0.5, 0.6) is 5.75 Å². The van der Waals surface area contributed by atoms with Crippen LogP contribution in [0.2, 0.25) is 5.02 Å². The summed E-state index contributed by atoms with van der Waals surface area (Å²) < 4.78 is 41.2. The number of hydrogen-bond donors (Lipinski definition) is 1. The molecule has 0 amide bonds. The number of ether oxygens (including phenoxy) is 1. The Bertz CT molecular complexity index is 776. The quantitative estimate of drug-likeness (QED) is 0.685. The highest BCUT2D eigenvalue weighted by Crippen LogP contribution is 2.46. The van der Waals surface area contributed by atoms with E-state index >= 15 is 0 Å². The summed E-state index contributed by atoms with van der Waals surface area (Å²) in [4.78, 5) is 4.28. The number of hydrogen-bond acceptors (Lipinski definition) is 3.